The van der Waals surface area contributed by atoms with Crippen molar-refractivity contribution in [3.8, 4) is 0 Å². The number of hydrogen-bond donors (Lipinski definition) is 1. The first-order valence-corrected chi connectivity index (χ1v) is 8.27. The molecule has 1 amide bonds. The number of benzene rings is 1. The Morgan fingerprint density at radius 2 is 2.18 bits per heavy atom. The van der Waals surface area contributed by atoms with Crippen LogP contribution in [-0.2, 0) is 0 Å². The molecular formula is C12H15Br2NOS. The molecule has 0 heterocycles. The molecule has 1 atom stereocenters. The van der Waals surface area contributed by atoms with E-state index >= 15 is 0 Å². The first-order valence-electron chi connectivity index (χ1n) is 5.29. The van der Waals surface area contributed by atoms with Crippen LogP contribution in [0.1, 0.15) is 23.7 Å². The van der Waals surface area contributed by atoms with Gasteiger partial charge in [0.05, 0.1) is 5.56 Å². The summed E-state index contributed by atoms with van der Waals surface area (Å²) >= 11 is 8.55. The van der Waals surface area contributed by atoms with Crippen LogP contribution in [0.4, 0.5) is 0 Å². The van der Waals surface area contributed by atoms with Gasteiger partial charge in [-0.15, -0.1) is 0 Å². The molecule has 0 spiro atoms. The quantitative estimate of drug-likeness (QED) is 0.833. The third-order valence-electron chi connectivity index (χ3n) is 2.31. The topological polar surface area (TPSA) is 29.1 Å². The summed E-state index contributed by atoms with van der Waals surface area (Å²) in [7, 11) is 0. The van der Waals surface area contributed by atoms with E-state index in [2.05, 4.69) is 43.4 Å². The molecule has 17 heavy (non-hydrogen) atoms. The summed E-state index contributed by atoms with van der Waals surface area (Å²) in [5.41, 5.74) is 0.662. The van der Waals surface area contributed by atoms with E-state index in [1.54, 1.807) is 11.8 Å². The van der Waals surface area contributed by atoms with Gasteiger partial charge in [-0.2, -0.15) is 11.8 Å². The van der Waals surface area contributed by atoms with Gasteiger partial charge < -0.3 is 5.32 Å². The van der Waals surface area contributed by atoms with Crippen LogP contribution in [0.25, 0.3) is 0 Å². The minimum atomic E-state index is -0.0354. The van der Waals surface area contributed by atoms with Crippen LogP contribution in [0.5, 0.6) is 0 Å². The summed E-state index contributed by atoms with van der Waals surface area (Å²) in [6.45, 7) is 2.03. The lowest BCUT2D eigenvalue weighted by Gasteiger charge is -2.14. The fraction of sp³-hybridized carbons (Fsp3) is 0.417. The van der Waals surface area contributed by atoms with Crippen LogP contribution in [0.3, 0.4) is 0 Å². The normalized spacial score (nSPS) is 12.2. The SMILES string of the molecule is CSCCC(C)NC(=O)c1cc(Br)ccc1Br. The van der Waals surface area contributed by atoms with E-state index in [4.69, 9.17) is 0 Å². The van der Waals surface area contributed by atoms with Crippen molar-refractivity contribution in [1.82, 2.24) is 5.32 Å². The van der Waals surface area contributed by atoms with E-state index in [9.17, 15) is 4.79 Å². The molecule has 0 saturated carbocycles. The van der Waals surface area contributed by atoms with E-state index in [1.807, 2.05) is 25.1 Å². The number of carbonyl (C=O) groups excluding carboxylic acids is 1. The average molecular weight is 381 g/mol. The van der Waals surface area contributed by atoms with Crippen LogP contribution in [-0.4, -0.2) is 24.0 Å². The highest BCUT2D eigenvalue weighted by molar-refractivity contribution is 9.11. The molecule has 0 aromatic heterocycles. The summed E-state index contributed by atoms with van der Waals surface area (Å²) in [6.07, 6.45) is 3.05. The summed E-state index contributed by atoms with van der Waals surface area (Å²) in [6, 6.07) is 5.78. The number of thioether (sulfide) groups is 1. The minimum absolute atomic E-state index is 0.0354. The summed E-state index contributed by atoms with van der Waals surface area (Å²) in [4.78, 5) is 12.0. The molecule has 1 unspecified atom stereocenters. The van der Waals surface area contributed by atoms with Crippen molar-refractivity contribution < 1.29 is 4.79 Å². The van der Waals surface area contributed by atoms with Crippen LogP contribution in [0.2, 0.25) is 0 Å². The zero-order valence-corrected chi connectivity index (χ0v) is 13.8. The number of nitrogens with one attached hydrogen (secondary N) is 1. The van der Waals surface area contributed by atoms with Gasteiger partial charge in [0.2, 0.25) is 0 Å². The van der Waals surface area contributed by atoms with E-state index in [0.29, 0.717) is 5.56 Å². The van der Waals surface area contributed by atoms with Crippen molar-refractivity contribution in [3.05, 3.63) is 32.7 Å². The number of hydrogen-bond acceptors (Lipinski definition) is 2. The highest BCUT2D eigenvalue weighted by Gasteiger charge is 2.12. The molecule has 1 rings (SSSR count). The second-order valence-corrected chi connectivity index (χ2v) is 6.54. The minimum Gasteiger partial charge on any atom is -0.350 e. The van der Waals surface area contributed by atoms with Gasteiger partial charge in [-0.05, 0) is 59.5 Å². The molecule has 94 valence electrons. The Bertz CT molecular complexity index is 398. The molecule has 0 radical (unpaired) electrons. The van der Waals surface area contributed by atoms with Gasteiger partial charge >= 0.3 is 0 Å². The predicted octanol–water partition coefficient (Wildman–Crippen LogP) is 4.08. The summed E-state index contributed by atoms with van der Waals surface area (Å²) in [5.74, 6) is 1.02. The summed E-state index contributed by atoms with van der Waals surface area (Å²) < 4.78 is 1.72. The van der Waals surface area contributed by atoms with Crippen molar-refractivity contribution in [2.45, 2.75) is 19.4 Å². The van der Waals surface area contributed by atoms with Gasteiger partial charge in [-0.1, -0.05) is 15.9 Å². The van der Waals surface area contributed by atoms with Gasteiger partial charge in [0.1, 0.15) is 0 Å². The Kier molecular flexibility index (Phi) is 6.59. The molecule has 0 saturated heterocycles. The van der Waals surface area contributed by atoms with Crippen LogP contribution >= 0.6 is 43.6 Å². The molecule has 0 aliphatic carbocycles. The second kappa shape index (κ2) is 7.44. The highest BCUT2D eigenvalue weighted by atomic mass is 79.9. The molecule has 0 aliphatic heterocycles. The van der Waals surface area contributed by atoms with Gasteiger partial charge in [0, 0.05) is 15.0 Å². The highest BCUT2D eigenvalue weighted by Crippen LogP contribution is 2.21. The monoisotopic (exact) mass is 379 g/mol. The average Bonchev–Trinajstić information content (AvgIpc) is 2.29. The largest absolute Gasteiger partial charge is 0.350 e. The Balaban J connectivity index is 2.66. The van der Waals surface area contributed by atoms with Gasteiger partial charge in [-0.3, -0.25) is 4.79 Å². The zero-order valence-electron chi connectivity index (χ0n) is 9.80. The third-order valence-corrected chi connectivity index (χ3v) is 4.13. The molecule has 5 heteroatoms. The number of carbonyl (C=O) groups is 1. The lowest BCUT2D eigenvalue weighted by Crippen LogP contribution is -2.33. The standard InChI is InChI=1S/C12H15Br2NOS/c1-8(5-6-17-2)15-12(16)10-7-9(13)3-4-11(10)14/h3-4,7-8H,5-6H2,1-2H3,(H,15,16). The van der Waals surface area contributed by atoms with Crippen molar-refractivity contribution in [3.63, 3.8) is 0 Å². The van der Waals surface area contributed by atoms with Gasteiger partial charge in [0.15, 0.2) is 0 Å². The van der Waals surface area contributed by atoms with Gasteiger partial charge in [0.25, 0.3) is 5.91 Å². The second-order valence-electron chi connectivity index (χ2n) is 3.78. The van der Waals surface area contributed by atoms with E-state index in [0.717, 1.165) is 21.1 Å². The van der Waals surface area contributed by atoms with Crippen molar-refractivity contribution in [2.24, 2.45) is 0 Å². The number of rotatable bonds is 5. The summed E-state index contributed by atoms with van der Waals surface area (Å²) in [5, 5.41) is 3.00. The Morgan fingerprint density at radius 3 is 2.82 bits per heavy atom. The molecule has 0 bridgehead atoms. The molecule has 0 fully saturated rings. The van der Waals surface area contributed by atoms with E-state index in [1.165, 1.54) is 0 Å². The first kappa shape index (κ1) is 15.1. The molecule has 2 nitrogen and oxygen atoms in total. The van der Waals surface area contributed by atoms with Crippen LogP contribution in [0.15, 0.2) is 27.1 Å². The Labute approximate surface area is 123 Å². The molecular weight excluding hydrogens is 366 g/mol. The fourth-order valence-corrected chi connectivity index (χ4v) is 2.72. The first-order chi connectivity index (χ1) is 8.04. The maximum absolute atomic E-state index is 12.0. The zero-order chi connectivity index (χ0) is 12.8. The van der Waals surface area contributed by atoms with Gasteiger partial charge in [-0.25, -0.2) is 0 Å². The molecule has 1 N–H and O–H groups in total. The van der Waals surface area contributed by atoms with Crippen molar-refractivity contribution >= 4 is 49.5 Å². The Hall–Kier alpha value is -0.000000000000000111. The number of amides is 1. The third kappa shape index (κ3) is 5.02. The lowest BCUT2D eigenvalue weighted by molar-refractivity contribution is 0.0938. The van der Waals surface area contributed by atoms with E-state index in [-0.39, 0.29) is 11.9 Å². The number of halogens is 2. The maximum Gasteiger partial charge on any atom is 0.252 e. The molecule has 1 aromatic rings. The maximum atomic E-state index is 12.0. The Morgan fingerprint density at radius 1 is 1.47 bits per heavy atom. The lowest BCUT2D eigenvalue weighted by atomic mass is 10.2. The molecule has 1 aromatic carbocycles. The van der Waals surface area contributed by atoms with Crippen LogP contribution in [0, 0.1) is 0 Å². The van der Waals surface area contributed by atoms with E-state index < -0.39 is 0 Å². The fourth-order valence-electron chi connectivity index (χ4n) is 1.34. The molecule has 0 aliphatic rings. The van der Waals surface area contributed by atoms with Crippen molar-refractivity contribution in [2.75, 3.05) is 12.0 Å². The predicted molar refractivity (Wildman–Crippen MR) is 81.8 cm³/mol. The van der Waals surface area contributed by atoms with Crippen molar-refractivity contribution in [1.29, 1.82) is 0 Å². The smallest absolute Gasteiger partial charge is 0.252 e. The van der Waals surface area contributed by atoms with Crippen LogP contribution < -0.4 is 5.32 Å².